The number of hydrogen-bond acceptors (Lipinski definition) is 4. The van der Waals surface area contributed by atoms with Crippen LogP contribution in [0.2, 0.25) is 0 Å². The molecule has 0 bridgehead atoms. The van der Waals surface area contributed by atoms with Gasteiger partial charge in [-0.25, -0.2) is 0 Å². The van der Waals surface area contributed by atoms with Gasteiger partial charge in [0.25, 0.3) is 11.3 Å². The minimum atomic E-state index is -5.12. The first kappa shape index (κ1) is 22.8. The molecule has 0 spiro atoms. The number of nitrogens with two attached hydrogens (primary N) is 1. The number of anilines is 1. The Labute approximate surface area is 181 Å². The standard InChI is InChI=1S/C23H20F3N3O3/c24-23(25,26)21(31)19(11-15-7-3-1-4-8-15)28-20(30)14-29-13-17(12-18(27)22(29)32)16-9-5-2-6-10-16/h1-10,12-13,19H,11,14,27H2,(H,28,30). The van der Waals surface area contributed by atoms with Gasteiger partial charge in [-0.1, -0.05) is 60.7 Å². The zero-order chi connectivity index (χ0) is 23.3. The van der Waals surface area contributed by atoms with Gasteiger partial charge >= 0.3 is 6.18 Å². The van der Waals surface area contributed by atoms with Gasteiger partial charge in [0.05, 0.1) is 5.69 Å². The zero-order valence-corrected chi connectivity index (χ0v) is 16.8. The zero-order valence-electron chi connectivity index (χ0n) is 16.8. The number of nitrogens with zero attached hydrogens (tertiary/aromatic N) is 1. The first-order valence-electron chi connectivity index (χ1n) is 9.65. The molecule has 0 saturated heterocycles. The van der Waals surface area contributed by atoms with Crippen molar-refractivity contribution in [3.63, 3.8) is 0 Å². The molecule has 2 aromatic carbocycles. The number of rotatable bonds is 7. The van der Waals surface area contributed by atoms with E-state index >= 15 is 0 Å². The lowest BCUT2D eigenvalue weighted by atomic mass is 10.0. The number of aromatic nitrogens is 1. The maximum atomic E-state index is 13.1. The van der Waals surface area contributed by atoms with Crippen LogP contribution in [-0.2, 0) is 22.6 Å². The Morgan fingerprint density at radius 1 is 0.969 bits per heavy atom. The number of amides is 1. The third-order valence-corrected chi connectivity index (χ3v) is 4.75. The Kier molecular flexibility index (Phi) is 6.77. The Bertz CT molecular complexity index is 1160. The molecule has 0 fully saturated rings. The van der Waals surface area contributed by atoms with Crippen LogP contribution in [-0.4, -0.2) is 28.5 Å². The minimum Gasteiger partial charge on any atom is -0.394 e. The minimum absolute atomic E-state index is 0.119. The van der Waals surface area contributed by atoms with Gasteiger partial charge in [0.1, 0.15) is 12.6 Å². The molecule has 0 saturated carbocycles. The highest BCUT2D eigenvalue weighted by atomic mass is 19.4. The average Bonchev–Trinajstić information content (AvgIpc) is 2.76. The summed E-state index contributed by atoms with van der Waals surface area (Å²) in [7, 11) is 0. The van der Waals surface area contributed by atoms with Crippen molar-refractivity contribution in [1.29, 1.82) is 0 Å². The predicted octanol–water partition coefficient (Wildman–Crippen LogP) is 2.96. The molecule has 1 aromatic heterocycles. The Morgan fingerprint density at radius 2 is 1.56 bits per heavy atom. The van der Waals surface area contributed by atoms with E-state index < -0.39 is 36.0 Å². The number of pyridine rings is 1. The molecule has 9 heteroatoms. The van der Waals surface area contributed by atoms with Gasteiger partial charge in [-0.15, -0.1) is 0 Å². The number of nitrogens with one attached hydrogen (secondary N) is 1. The Balaban J connectivity index is 1.83. The fourth-order valence-corrected chi connectivity index (χ4v) is 3.22. The molecular weight excluding hydrogens is 423 g/mol. The summed E-state index contributed by atoms with van der Waals surface area (Å²) < 4.78 is 40.2. The van der Waals surface area contributed by atoms with Crippen LogP contribution in [0.25, 0.3) is 11.1 Å². The molecule has 0 aliphatic carbocycles. The van der Waals surface area contributed by atoms with Crippen molar-refractivity contribution in [3.8, 4) is 11.1 Å². The smallest absolute Gasteiger partial charge is 0.394 e. The summed E-state index contributed by atoms with van der Waals surface area (Å²) in [6.07, 6.45) is -4.07. The Hall–Kier alpha value is -3.88. The van der Waals surface area contributed by atoms with Crippen molar-refractivity contribution in [2.75, 3.05) is 5.73 Å². The molecule has 1 heterocycles. The molecule has 166 valence electrons. The van der Waals surface area contributed by atoms with Gasteiger partial charge in [0.15, 0.2) is 0 Å². The second-order valence-electron chi connectivity index (χ2n) is 7.16. The molecule has 3 rings (SSSR count). The van der Waals surface area contributed by atoms with E-state index in [0.29, 0.717) is 11.1 Å². The number of benzene rings is 2. The van der Waals surface area contributed by atoms with Crippen LogP contribution in [0.15, 0.2) is 77.7 Å². The fourth-order valence-electron chi connectivity index (χ4n) is 3.22. The SMILES string of the molecule is Nc1cc(-c2ccccc2)cn(CC(=O)NC(Cc2ccccc2)C(=O)C(F)(F)F)c1=O. The van der Waals surface area contributed by atoms with Gasteiger partial charge in [0, 0.05) is 18.2 Å². The fraction of sp³-hybridized carbons (Fsp3) is 0.174. The summed E-state index contributed by atoms with van der Waals surface area (Å²) in [6.45, 7) is -0.597. The van der Waals surface area contributed by atoms with Crippen molar-refractivity contribution in [3.05, 3.63) is 88.8 Å². The van der Waals surface area contributed by atoms with Crippen LogP contribution in [0.4, 0.5) is 18.9 Å². The van der Waals surface area contributed by atoms with Crippen molar-refractivity contribution in [2.45, 2.75) is 25.2 Å². The number of carbonyl (C=O) groups is 2. The number of carbonyl (C=O) groups excluding carboxylic acids is 2. The highest BCUT2D eigenvalue weighted by Crippen LogP contribution is 2.21. The van der Waals surface area contributed by atoms with Crippen molar-refractivity contribution >= 4 is 17.4 Å². The van der Waals surface area contributed by atoms with Crippen LogP contribution in [0.1, 0.15) is 5.56 Å². The molecule has 1 amide bonds. The second kappa shape index (κ2) is 9.51. The van der Waals surface area contributed by atoms with Crippen LogP contribution >= 0.6 is 0 Å². The molecule has 32 heavy (non-hydrogen) atoms. The molecule has 6 nitrogen and oxygen atoms in total. The monoisotopic (exact) mass is 443 g/mol. The summed E-state index contributed by atoms with van der Waals surface area (Å²) >= 11 is 0. The third-order valence-electron chi connectivity index (χ3n) is 4.75. The quantitative estimate of drug-likeness (QED) is 0.587. The lowest BCUT2D eigenvalue weighted by Gasteiger charge is -2.20. The largest absolute Gasteiger partial charge is 0.452 e. The molecular formula is C23H20F3N3O3. The van der Waals surface area contributed by atoms with Crippen LogP contribution in [0.3, 0.4) is 0 Å². The van der Waals surface area contributed by atoms with Crippen LogP contribution in [0, 0.1) is 0 Å². The van der Waals surface area contributed by atoms with Crippen LogP contribution < -0.4 is 16.6 Å². The molecule has 3 aromatic rings. The molecule has 0 aliphatic rings. The third kappa shape index (κ3) is 5.63. The average molecular weight is 443 g/mol. The second-order valence-corrected chi connectivity index (χ2v) is 7.16. The van der Waals surface area contributed by atoms with E-state index in [1.807, 2.05) is 0 Å². The molecule has 3 N–H and O–H groups in total. The van der Waals surface area contributed by atoms with E-state index in [2.05, 4.69) is 5.32 Å². The number of nitrogen functional groups attached to an aromatic ring is 1. The first-order valence-corrected chi connectivity index (χ1v) is 9.65. The van der Waals surface area contributed by atoms with E-state index in [0.717, 1.165) is 10.1 Å². The molecule has 1 atom stereocenters. The summed E-state index contributed by atoms with van der Waals surface area (Å²) in [4.78, 5) is 36.8. The van der Waals surface area contributed by atoms with Crippen molar-refractivity contribution < 1.29 is 22.8 Å². The lowest BCUT2D eigenvalue weighted by molar-refractivity contribution is -0.173. The first-order chi connectivity index (χ1) is 15.1. The maximum absolute atomic E-state index is 13.1. The number of Topliss-reactive ketones (excluding diaryl/α,β-unsaturated/α-hetero) is 1. The van der Waals surface area contributed by atoms with Gasteiger partial charge < -0.3 is 15.6 Å². The van der Waals surface area contributed by atoms with E-state index in [4.69, 9.17) is 5.73 Å². The van der Waals surface area contributed by atoms with E-state index in [-0.39, 0.29) is 12.1 Å². The van der Waals surface area contributed by atoms with Crippen LogP contribution in [0.5, 0.6) is 0 Å². The summed E-state index contributed by atoms with van der Waals surface area (Å²) in [5, 5.41) is 2.12. The molecule has 0 radical (unpaired) electrons. The normalized spacial score (nSPS) is 12.2. The van der Waals surface area contributed by atoms with E-state index in [9.17, 15) is 27.6 Å². The van der Waals surface area contributed by atoms with Crippen molar-refractivity contribution in [2.24, 2.45) is 0 Å². The molecule has 1 unspecified atom stereocenters. The van der Waals surface area contributed by atoms with E-state index in [1.165, 1.54) is 12.3 Å². The topological polar surface area (TPSA) is 94.2 Å². The predicted molar refractivity (Wildman–Crippen MR) is 114 cm³/mol. The van der Waals surface area contributed by atoms with Gasteiger partial charge in [0.2, 0.25) is 5.91 Å². The lowest BCUT2D eigenvalue weighted by Crippen LogP contribution is -2.49. The maximum Gasteiger partial charge on any atom is 0.452 e. The summed E-state index contributed by atoms with van der Waals surface area (Å²) in [5.74, 6) is -2.99. The van der Waals surface area contributed by atoms with E-state index in [1.54, 1.807) is 60.7 Å². The number of ketones is 1. The summed E-state index contributed by atoms with van der Waals surface area (Å²) in [5.41, 5.74) is 6.73. The van der Waals surface area contributed by atoms with Gasteiger partial charge in [-0.05, 0) is 17.2 Å². The van der Waals surface area contributed by atoms with Gasteiger partial charge in [-0.2, -0.15) is 13.2 Å². The molecule has 0 aliphatic heterocycles. The highest BCUT2D eigenvalue weighted by Gasteiger charge is 2.43. The summed E-state index contributed by atoms with van der Waals surface area (Å²) in [6, 6.07) is 16.6. The van der Waals surface area contributed by atoms with Crippen molar-refractivity contribution in [1.82, 2.24) is 9.88 Å². The Morgan fingerprint density at radius 3 is 2.16 bits per heavy atom. The highest BCUT2D eigenvalue weighted by molar-refractivity contribution is 5.93. The number of hydrogen-bond donors (Lipinski definition) is 2. The number of halogens is 3. The number of alkyl halides is 3. The van der Waals surface area contributed by atoms with Gasteiger partial charge in [-0.3, -0.25) is 14.4 Å².